The first-order valence-corrected chi connectivity index (χ1v) is 8.36. The summed E-state index contributed by atoms with van der Waals surface area (Å²) in [5.41, 5.74) is 8.92. The number of hydrogen-bond donors (Lipinski definition) is 1. The van der Waals surface area contributed by atoms with Gasteiger partial charge in [0, 0.05) is 13.1 Å². The van der Waals surface area contributed by atoms with Gasteiger partial charge >= 0.3 is 0 Å². The molecule has 0 aromatic heterocycles. The van der Waals surface area contributed by atoms with E-state index in [4.69, 9.17) is 5.73 Å². The minimum absolute atomic E-state index is 0.187. The summed E-state index contributed by atoms with van der Waals surface area (Å²) in [5, 5.41) is 0. The Bertz CT molecular complexity index is 393. The van der Waals surface area contributed by atoms with Crippen LogP contribution in [-0.2, 0) is 13.0 Å². The Hall–Kier alpha value is -0.860. The molecule has 0 fully saturated rings. The van der Waals surface area contributed by atoms with E-state index in [2.05, 4.69) is 63.8 Å². The number of benzene rings is 1. The topological polar surface area (TPSA) is 29.3 Å². The predicted molar refractivity (Wildman–Crippen MR) is 93.4 cm³/mol. The number of nitrogens with zero attached hydrogens (tertiary/aromatic N) is 1. The summed E-state index contributed by atoms with van der Waals surface area (Å²) in [4.78, 5) is 2.53. The van der Waals surface area contributed by atoms with E-state index in [-0.39, 0.29) is 5.41 Å². The molecule has 0 radical (unpaired) electrons. The molecular formula is C19H34N2. The largest absolute Gasteiger partial charge is 0.330 e. The fraction of sp³-hybridized carbons (Fsp3) is 0.684. The molecule has 0 bridgehead atoms. The Balaban J connectivity index is 2.66. The van der Waals surface area contributed by atoms with Crippen LogP contribution in [0.5, 0.6) is 0 Å². The van der Waals surface area contributed by atoms with Crippen LogP contribution in [0.3, 0.4) is 0 Å². The van der Waals surface area contributed by atoms with Gasteiger partial charge in [0.05, 0.1) is 0 Å². The molecule has 1 rings (SSSR count). The standard InChI is InChI=1S/C19H34N2/c1-6-11-21(15-19(4,5)14-20)13-18-9-7-17(8-10-18)12-16(2)3/h7-10,16H,6,11-15,20H2,1-5H3. The van der Waals surface area contributed by atoms with Gasteiger partial charge in [0.15, 0.2) is 0 Å². The van der Waals surface area contributed by atoms with Crippen molar-refractivity contribution in [2.75, 3.05) is 19.6 Å². The summed E-state index contributed by atoms with van der Waals surface area (Å²) in [7, 11) is 0. The minimum atomic E-state index is 0.187. The molecule has 120 valence electrons. The molecule has 2 nitrogen and oxygen atoms in total. The quantitative estimate of drug-likeness (QED) is 0.742. The lowest BCUT2D eigenvalue weighted by Gasteiger charge is -2.31. The van der Waals surface area contributed by atoms with Gasteiger partial charge in [0.25, 0.3) is 0 Å². The zero-order valence-corrected chi connectivity index (χ0v) is 14.7. The third-order valence-corrected chi connectivity index (χ3v) is 3.82. The van der Waals surface area contributed by atoms with Crippen molar-refractivity contribution in [3.05, 3.63) is 35.4 Å². The molecule has 0 amide bonds. The highest BCUT2D eigenvalue weighted by atomic mass is 15.1. The smallest absolute Gasteiger partial charge is 0.0233 e. The predicted octanol–water partition coefficient (Wildman–Crippen LogP) is 4.08. The van der Waals surface area contributed by atoms with Crippen molar-refractivity contribution in [3.63, 3.8) is 0 Å². The molecule has 0 spiro atoms. The number of nitrogens with two attached hydrogens (primary N) is 1. The monoisotopic (exact) mass is 290 g/mol. The maximum absolute atomic E-state index is 5.88. The highest BCUT2D eigenvalue weighted by Gasteiger charge is 2.19. The van der Waals surface area contributed by atoms with Crippen LogP contribution >= 0.6 is 0 Å². The van der Waals surface area contributed by atoms with Gasteiger partial charge in [0.2, 0.25) is 0 Å². The van der Waals surface area contributed by atoms with Crippen LogP contribution in [0.25, 0.3) is 0 Å². The molecule has 0 saturated heterocycles. The van der Waals surface area contributed by atoms with Crippen molar-refractivity contribution in [1.82, 2.24) is 4.90 Å². The molecule has 2 heteroatoms. The van der Waals surface area contributed by atoms with E-state index in [0.29, 0.717) is 0 Å². The van der Waals surface area contributed by atoms with Crippen molar-refractivity contribution in [2.45, 2.75) is 54.0 Å². The normalized spacial score (nSPS) is 12.4. The van der Waals surface area contributed by atoms with Crippen LogP contribution in [0.1, 0.15) is 52.2 Å². The van der Waals surface area contributed by atoms with E-state index < -0.39 is 0 Å². The van der Waals surface area contributed by atoms with Gasteiger partial charge in [-0.2, -0.15) is 0 Å². The van der Waals surface area contributed by atoms with Gasteiger partial charge in [-0.1, -0.05) is 58.9 Å². The summed E-state index contributed by atoms with van der Waals surface area (Å²) in [6.45, 7) is 15.2. The SMILES string of the molecule is CCCN(Cc1ccc(CC(C)C)cc1)CC(C)(C)CN. The summed E-state index contributed by atoms with van der Waals surface area (Å²) < 4.78 is 0. The van der Waals surface area contributed by atoms with Crippen molar-refractivity contribution in [3.8, 4) is 0 Å². The lowest BCUT2D eigenvalue weighted by molar-refractivity contribution is 0.176. The molecule has 2 N–H and O–H groups in total. The van der Waals surface area contributed by atoms with Crippen LogP contribution in [0.4, 0.5) is 0 Å². The Labute approximate surface area is 131 Å². The highest BCUT2D eigenvalue weighted by Crippen LogP contribution is 2.18. The van der Waals surface area contributed by atoms with Crippen molar-refractivity contribution >= 4 is 0 Å². The third-order valence-electron chi connectivity index (χ3n) is 3.82. The average Bonchev–Trinajstić information content (AvgIpc) is 2.40. The summed E-state index contributed by atoms with van der Waals surface area (Å²) in [5.74, 6) is 0.720. The number of hydrogen-bond acceptors (Lipinski definition) is 2. The molecule has 0 aliphatic carbocycles. The van der Waals surface area contributed by atoms with E-state index in [0.717, 1.165) is 32.1 Å². The zero-order chi connectivity index (χ0) is 15.9. The van der Waals surface area contributed by atoms with Gasteiger partial charge in [-0.05, 0) is 48.4 Å². The second kappa shape index (κ2) is 8.55. The zero-order valence-electron chi connectivity index (χ0n) is 14.7. The number of rotatable bonds is 9. The third kappa shape index (κ3) is 7.10. The first kappa shape index (κ1) is 18.2. The van der Waals surface area contributed by atoms with Gasteiger partial charge < -0.3 is 5.73 Å². The van der Waals surface area contributed by atoms with E-state index >= 15 is 0 Å². The molecule has 0 heterocycles. The maximum atomic E-state index is 5.88. The Morgan fingerprint density at radius 3 is 2.14 bits per heavy atom. The first-order chi connectivity index (χ1) is 9.86. The molecule has 0 saturated carbocycles. The summed E-state index contributed by atoms with van der Waals surface area (Å²) in [6.07, 6.45) is 2.35. The fourth-order valence-corrected chi connectivity index (χ4v) is 2.71. The summed E-state index contributed by atoms with van der Waals surface area (Å²) >= 11 is 0. The molecule has 1 aromatic rings. The maximum Gasteiger partial charge on any atom is 0.0233 e. The van der Waals surface area contributed by atoms with Crippen LogP contribution in [-0.4, -0.2) is 24.5 Å². The van der Waals surface area contributed by atoms with Crippen molar-refractivity contribution in [2.24, 2.45) is 17.1 Å². The average molecular weight is 290 g/mol. The second-order valence-corrected chi connectivity index (χ2v) is 7.49. The Morgan fingerprint density at radius 1 is 1.10 bits per heavy atom. The van der Waals surface area contributed by atoms with Crippen LogP contribution in [0.15, 0.2) is 24.3 Å². The molecule has 0 aliphatic rings. The fourth-order valence-electron chi connectivity index (χ4n) is 2.71. The molecule has 0 aliphatic heterocycles. The lowest BCUT2D eigenvalue weighted by Crippen LogP contribution is -2.38. The Morgan fingerprint density at radius 2 is 1.67 bits per heavy atom. The van der Waals surface area contributed by atoms with E-state index in [1.165, 1.54) is 24.0 Å². The van der Waals surface area contributed by atoms with Gasteiger partial charge in [-0.3, -0.25) is 4.90 Å². The van der Waals surface area contributed by atoms with Crippen LogP contribution < -0.4 is 5.73 Å². The van der Waals surface area contributed by atoms with Crippen LogP contribution in [0.2, 0.25) is 0 Å². The van der Waals surface area contributed by atoms with Gasteiger partial charge in [-0.15, -0.1) is 0 Å². The van der Waals surface area contributed by atoms with E-state index in [1.807, 2.05) is 0 Å². The van der Waals surface area contributed by atoms with Crippen molar-refractivity contribution < 1.29 is 0 Å². The summed E-state index contributed by atoms with van der Waals surface area (Å²) in [6, 6.07) is 9.15. The van der Waals surface area contributed by atoms with Gasteiger partial charge in [0.1, 0.15) is 0 Å². The lowest BCUT2D eigenvalue weighted by atomic mass is 9.92. The van der Waals surface area contributed by atoms with E-state index in [9.17, 15) is 0 Å². The molecule has 1 aromatic carbocycles. The minimum Gasteiger partial charge on any atom is -0.330 e. The first-order valence-electron chi connectivity index (χ1n) is 8.36. The molecule has 0 unspecified atom stereocenters. The van der Waals surface area contributed by atoms with Crippen LogP contribution in [0, 0.1) is 11.3 Å². The molecular weight excluding hydrogens is 256 g/mol. The molecule has 0 atom stereocenters. The second-order valence-electron chi connectivity index (χ2n) is 7.49. The molecule has 21 heavy (non-hydrogen) atoms. The van der Waals surface area contributed by atoms with E-state index in [1.54, 1.807) is 0 Å². The van der Waals surface area contributed by atoms with Gasteiger partial charge in [-0.25, -0.2) is 0 Å². The van der Waals surface area contributed by atoms with Crippen molar-refractivity contribution in [1.29, 1.82) is 0 Å². The highest BCUT2D eigenvalue weighted by molar-refractivity contribution is 5.22. The Kier molecular flexibility index (Phi) is 7.41.